The molecule has 2 aromatic carbocycles. The van der Waals surface area contributed by atoms with E-state index in [9.17, 15) is 9.90 Å². The molecule has 2 aromatic heterocycles. The largest absolute Gasteiger partial charge is 0.491 e. The van der Waals surface area contributed by atoms with Crippen LogP contribution in [0.15, 0.2) is 58.5 Å². The van der Waals surface area contributed by atoms with Crippen molar-refractivity contribution < 1.29 is 9.84 Å². The van der Waals surface area contributed by atoms with Crippen LogP contribution in [0.3, 0.4) is 0 Å². The van der Waals surface area contributed by atoms with Crippen molar-refractivity contribution in [2.45, 2.75) is 45.0 Å². The second-order valence-corrected chi connectivity index (χ2v) is 9.35. The first-order chi connectivity index (χ1) is 15.4. The molecule has 1 unspecified atom stereocenters. The molecule has 1 atom stereocenters. The Morgan fingerprint density at radius 2 is 1.94 bits per heavy atom. The molecule has 0 aliphatic rings. The topological polar surface area (TPSA) is 81.7 Å². The average molecular weight is 453 g/mol. The monoisotopic (exact) mass is 452 g/mol. The molecule has 0 aliphatic heterocycles. The number of hydrogen-bond donors (Lipinski definition) is 1. The van der Waals surface area contributed by atoms with Gasteiger partial charge in [-0.25, -0.2) is 0 Å². The molecule has 0 spiro atoms. The van der Waals surface area contributed by atoms with Crippen LogP contribution in [0.2, 0.25) is 0 Å². The normalized spacial score (nSPS) is 12.7. The predicted molar refractivity (Wildman–Crippen MR) is 128 cm³/mol. The van der Waals surface area contributed by atoms with Gasteiger partial charge in [0, 0.05) is 12.3 Å². The SMILES string of the molecule is Cc1cccc(OCC(O)CSc2nnc3n(CCC(C)C)c(=O)c4ccccc4n23)c1. The molecular weight excluding hydrogens is 424 g/mol. The zero-order valence-corrected chi connectivity index (χ0v) is 19.4. The van der Waals surface area contributed by atoms with Gasteiger partial charge in [0.1, 0.15) is 12.4 Å². The Balaban J connectivity index is 1.57. The number of para-hydroxylation sites is 1. The fourth-order valence-corrected chi connectivity index (χ4v) is 4.38. The van der Waals surface area contributed by atoms with E-state index < -0.39 is 6.10 Å². The van der Waals surface area contributed by atoms with E-state index in [1.54, 1.807) is 4.57 Å². The number of ether oxygens (including phenoxy) is 1. The molecule has 0 aliphatic carbocycles. The van der Waals surface area contributed by atoms with Gasteiger partial charge in [-0.15, -0.1) is 10.2 Å². The molecule has 0 amide bonds. The van der Waals surface area contributed by atoms with Crippen molar-refractivity contribution in [2.24, 2.45) is 5.92 Å². The van der Waals surface area contributed by atoms with Crippen molar-refractivity contribution in [3.8, 4) is 5.75 Å². The zero-order chi connectivity index (χ0) is 22.7. The van der Waals surface area contributed by atoms with Crippen LogP contribution in [-0.2, 0) is 6.54 Å². The van der Waals surface area contributed by atoms with Crippen molar-refractivity contribution in [2.75, 3.05) is 12.4 Å². The minimum atomic E-state index is -0.675. The summed E-state index contributed by atoms with van der Waals surface area (Å²) in [6.07, 6.45) is 0.198. The minimum Gasteiger partial charge on any atom is -0.491 e. The lowest BCUT2D eigenvalue weighted by atomic mass is 10.1. The summed E-state index contributed by atoms with van der Waals surface area (Å²) >= 11 is 1.40. The highest BCUT2D eigenvalue weighted by molar-refractivity contribution is 7.99. The Morgan fingerprint density at radius 3 is 2.72 bits per heavy atom. The number of aromatic nitrogens is 4. The standard InChI is InChI=1S/C24H28N4O3S/c1-16(2)11-12-27-22(30)20-9-4-5-10-21(20)28-23(27)25-26-24(28)32-15-18(29)14-31-19-8-6-7-17(3)13-19/h4-10,13,16,18,29H,11-12,14-15H2,1-3H3. The summed E-state index contributed by atoms with van der Waals surface area (Å²) in [6.45, 7) is 7.04. The van der Waals surface area contributed by atoms with Crippen molar-refractivity contribution in [1.82, 2.24) is 19.2 Å². The van der Waals surface area contributed by atoms with Crippen LogP contribution >= 0.6 is 11.8 Å². The third-order valence-corrected chi connectivity index (χ3v) is 6.32. The predicted octanol–water partition coefficient (Wildman–Crippen LogP) is 3.93. The van der Waals surface area contributed by atoms with Gasteiger partial charge in [0.25, 0.3) is 5.56 Å². The van der Waals surface area contributed by atoms with Crippen LogP contribution in [0, 0.1) is 12.8 Å². The molecule has 0 bridgehead atoms. The van der Waals surface area contributed by atoms with Gasteiger partial charge >= 0.3 is 0 Å². The Bertz CT molecular complexity index is 1280. The Kier molecular flexibility index (Phi) is 6.81. The maximum atomic E-state index is 13.1. The van der Waals surface area contributed by atoms with Crippen LogP contribution < -0.4 is 10.3 Å². The van der Waals surface area contributed by atoms with Gasteiger partial charge in [-0.1, -0.05) is 49.9 Å². The number of aliphatic hydroxyl groups is 1. The van der Waals surface area contributed by atoms with E-state index in [4.69, 9.17) is 4.74 Å². The van der Waals surface area contributed by atoms with Gasteiger partial charge in [-0.2, -0.15) is 0 Å². The third kappa shape index (κ3) is 4.81. The van der Waals surface area contributed by atoms with Gasteiger partial charge < -0.3 is 9.84 Å². The van der Waals surface area contributed by atoms with E-state index in [0.717, 1.165) is 23.3 Å². The number of hydrogen-bond acceptors (Lipinski definition) is 6. The van der Waals surface area contributed by atoms with Gasteiger partial charge in [-0.05, 0) is 49.1 Å². The highest BCUT2D eigenvalue weighted by atomic mass is 32.2. The van der Waals surface area contributed by atoms with Crippen molar-refractivity contribution in [1.29, 1.82) is 0 Å². The van der Waals surface area contributed by atoms with Crippen molar-refractivity contribution >= 4 is 28.4 Å². The van der Waals surface area contributed by atoms with E-state index in [1.807, 2.05) is 59.9 Å². The summed E-state index contributed by atoms with van der Waals surface area (Å²) < 4.78 is 9.33. The van der Waals surface area contributed by atoms with Crippen LogP contribution in [-0.4, -0.2) is 42.7 Å². The number of fused-ring (bicyclic) bond motifs is 3. The van der Waals surface area contributed by atoms with E-state index >= 15 is 0 Å². The Labute approximate surface area is 191 Å². The zero-order valence-electron chi connectivity index (χ0n) is 18.6. The van der Waals surface area contributed by atoms with E-state index in [0.29, 0.717) is 34.5 Å². The number of aryl methyl sites for hydroxylation is 2. The third-order valence-electron chi connectivity index (χ3n) is 5.25. The van der Waals surface area contributed by atoms with Crippen LogP contribution in [0.25, 0.3) is 16.7 Å². The number of rotatable bonds is 9. The second-order valence-electron chi connectivity index (χ2n) is 8.37. The molecule has 1 N–H and O–H groups in total. The lowest BCUT2D eigenvalue weighted by molar-refractivity contribution is 0.126. The molecule has 32 heavy (non-hydrogen) atoms. The molecule has 168 valence electrons. The summed E-state index contributed by atoms with van der Waals surface area (Å²) in [5, 5.41) is 20.4. The molecule has 7 nitrogen and oxygen atoms in total. The molecule has 0 saturated heterocycles. The fourth-order valence-electron chi connectivity index (χ4n) is 3.53. The average Bonchev–Trinajstić information content (AvgIpc) is 3.20. The molecule has 8 heteroatoms. The molecular formula is C24H28N4O3S. The van der Waals surface area contributed by atoms with Crippen LogP contribution in [0.4, 0.5) is 0 Å². The van der Waals surface area contributed by atoms with E-state index in [-0.39, 0.29) is 12.2 Å². The molecule has 0 saturated carbocycles. The molecule has 4 aromatic rings. The number of nitrogens with zero attached hydrogens (tertiary/aromatic N) is 4. The van der Waals surface area contributed by atoms with Crippen molar-refractivity contribution in [3.05, 3.63) is 64.4 Å². The lowest BCUT2D eigenvalue weighted by Crippen LogP contribution is -2.24. The summed E-state index contributed by atoms with van der Waals surface area (Å²) in [7, 11) is 0. The number of benzene rings is 2. The van der Waals surface area contributed by atoms with E-state index in [2.05, 4.69) is 24.0 Å². The van der Waals surface area contributed by atoms with Crippen LogP contribution in [0.5, 0.6) is 5.75 Å². The maximum absolute atomic E-state index is 13.1. The number of aliphatic hydroxyl groups excluding tert-OH is 1. The summed E-state index contributed by atoms with van der Waals surface area (Å²) in [6, 6.07) is 15.3. The highest BCUT2D eigenvalue weighted by Gasteiger charge is 2.18. The summed E-state index contributed by atoms with van der Waals surface area (Å²) in [5.41, 5.74) is 1.83. The van der Waals surface area contributed by atoms with Crippen LogP contribution in [0.1, 0.15) is 25.8 Å². The quantitative estimate of drug-likeness (QED) is 0.388. The second kappa shape index (κ2) is 9.75. The first kappa shape index (κ1) is 22.4. The Morgan fingerprint density at radius 1 is 1.12 bits per heavy atom. The maximum Gasteiger partial charge on any atom is 0.262 e. The summed E-state index contributed by atoms with van der Waals surface area (Å²) in [5.74, 6) is 2.13. The first-order valence-corrected chi connectivity index (χ1v) is 11.8. The molecule has 0 radical (unpaired) electrons. The number of thioether (sulfide) groups is 1. The van der Waals surface area contributed by atoms with E-state index in [1.165, 1.54) is 11.8 Å². The van der Waals surface area contributed by atoms with Crippen molar-refractivity contribution in [3.63, 3.8) is 0 Å². The molecule has 4 rings (SSSR count). The smallest absolute Gasteiger partial charge is 0.262 e. The van der Waals surface area contributed by atoms with Gasteiger partial charge in [-0.3, -0.25) is 13.8 Å². The van der Waals surface area contributed by atoms with Gasteiger partial charge in [0.15, 0.2) is 5.16 Å². The fraction of sp³-hybridized carbons (Fsp3) is 0.375. The first-order valence-electron chi connectivity index (χ1n) is 10.8. The van der Waals surface area contributed by atoms with Gasteiger partial charge in [0.2, 0.25) is 5.78 Å². The lowest BCUT2D eigenvalue weighted by Gasteiger charge is -2.13. The minimum absolute atomic E-state index is 0.0516. The summed E-state index contributed by atoms with van der Waals surface area (Å²) in [4.78, 5) is 13.1. The highest BCUT2D eigenvalue weighted by Crippen LogP contribution is 2.23. The van der Waals surface area contributed by atoms with Gasteiger partial charge in [0.05, 0.1) is 17.0 Å². The molecule has 0 fully saturated rings. The molecule has 2 heterocycles. The Hall–Kier alpha value is -2.84.